The fourth-order valence-electron chi connectivity index (χ4n) is 2.16. The largest absolute Gasteiger partial charge is 0.381 e. The van der Waals surface area contributed by atoms with E-state index in [0.717, 1.165) is 6.42 Å². The van der Waals surface area contributed by atoms with Crippen LogP contribution in [0.2, 0.25) is 0 Å². The maximum Gasteiger partial charge on any atom is 0.142 e. The summed E-state index contributed by atoms with van der Waals surface area (Å²) in [4.78, 5) is 22.7. The number of ketones is 2. The zero-order chi connectivity index (χ0) is 17.6. The molecule has 0 spiro atoms. The molecule has 0 aromatic heterocycles. The second kappa shape index (κ2) is 14.3. The number of halogens is 1. The Hall–Kier alpha value is -0.0500. The monoisotopic (exact) mass is 442 g/mol. The van der Waals surface area contributed by atoms with Crippen molar-refractivity contribution in [3.63, 3.8) is 0 Å². The average molecular weight is 442 g/mol. The van der Waals surface area contributed by atoms with Crippen LogP contribution in [0.5, 0.6) is 0 Å². The van der Waals surface area contributed by atoms with Gasteiger partial charge in [0.25, 0.3) is 0 Å². The molecular formula is C17H31IO5. The van der Waals surface area contributed by atoms with E-state index in [1.807, 2.05) is 13.8 Å². The molecule has 0 amide bonds. The highest BCUT2D eigenvalue weighted by molar-refractivity contribution is 14.1. The van der Waals surface area contributed by atoms with E-state index >= 15 is 0 Å². The maximum absolute atomic E-state index is 11.7. The van der Waals surface area contributed by atoms with Gasteiger partial charge in [0, 0.05) is 38.1 Å². The smallest absolute Gasteiger partial charge is 0.142 e. The van der Waals surface area contributed by atoms with Gasteiger partial charge in [0.2, 0.25) is 0 Å². The summed E-state index contributed by atoms with van der Waals surface area (Å²) in [6.07, 6.45) is 2.47. The van der Waals surface area contributed by atoms with E-state index < -0.39 is 0 Å². The minimum atomic E-state index is -0.302. The zero-order valence-corrected chi connectivity index (χ0v) is 16.9. The summed E-state index contributed by atoms with van der Waals surface area (Å²) in [5.41, 5.74) is -0.302. The molecule has 23 heavy (non-hydrogen) atoms. The van der Waals surface area contributed by atoms with Crippen molar-refractivity contribution < 1.29 is 23.8 Å². The molecule has 0 aliphatic carbocycles. The van der Waals surface area contributed by atoms with Crippen LogP contribution in [0.15, 0.2) is 0 Å². The van der Waals surface area contributed by atoms with Gasteiger partial charge < -0.3 is 19.0 Å². The first-order chi connectivity index (χ1) is 11.0. The van der Waals surface area contributed by atoms with Crippen LogP contribution in [0.25, 0.3) is 0 Å². The van der Waals surface area contributed by atoms with E-state index in [1.165, 1.54) is 0 Å². The van der Waals surface area contributed by atoms with Gasteiger partial charge in [-0.3, -0.25) is 4.79 Å². The number of ether oxygens (including phenoxy) is 3. The van der Waals surface area contributed by atoms with Crippen LogP contribution in [-0.4, -0.2) is 55.6 Å². The number of Topliss-reactive ketones (excluding diaryl/α,β-unsaturated/α-hetero) is 2. The lowest BCUT2D eigenvalue weighted by Crippen LogP contribution is -2.38. The quantitative estimate of drug-likeness (QED) is 0.209. The van der Waals surface area contributed by atoms with Crippen LogP contribution in [0.3, 0.4) is 0 Å². The number of alkyl halides is 1. The lowest BCUT2D eigenvalue weighted by atomic mass is 9.85. The topological polar surface area (TPSA) is 61.8 Å². The predicted molar refractivity (Wildman–Crippen MR) is 99.3 cm³/mol. The van der Waals surface area contributed by atoms with Crippen molar-refractivity contribution >= 4 is 34.2 Å². The fraction of sp³-hybridized carbons (Fsp3) is 0.882. The molecule has 0 atom stereocenters. The van der Waals surface area contributed by atoms with E-state index in [4.69, 9.17) is 14.2 Å². The summed E-state index contributed by atoms with van der Waals surface area (Å²) in [6, 6.07) is 0. The predicted octanol–water partition coefficient (Wildman–Crippen LogP) is 3.22. The van der Waals surface area contributed by atoms with Gasteiger partial charge in [-0.05, 0) is 33.6 Å². The third kappa shape index (κ3) is 12.0. The normalized spacial score (nSPS) is 11.7. The van der Waals surface area contributed by atoms with Crippen molar-refractivity contribution in [3.05, 3.63) is 0 Å². The van der Waals surface area contributed by atoms with Crippen LogP contribution in [0.1, 0.15) is 46.5 Å². The van der Waals surface area contributed by atoms with Crippen molar-refractivity contribution in [2.75, 3.05) is 44.1 Å². The Morgan fingerprint density at radius 3 is 2.00 bits per heavy atom. The Kier molecular flexibility index (Phi) is 14.3. The first kappa shape index (κ1) is 22.9. The van der Waals surface area contributed by atoms with Crippen molar-refractivity contribution in [3.8, 4) is 0 Å². The molecule has 0 saturated heterocycles. The molecule has 0 fully saturated rings. The second-order valence-electron chi connectivity index (χ2n) is 5.80. The molecule has 0 aliphatic heterocycles. The standard InChI is InChI=1S/C17H31IO5/c1-4-21-12-17(13-22-5-2,9-8-16(20)11-18)14-23-10-6-7-15(3)19/h4-14H2,1-3H3. The minimum absolute atomic E-state index is 0.177. The Morgan fingerprint density at radius 1 is 0.957 bits per heavy atom. The molecule has 0 aromatic rings. The second-order valence-corrected chi connectivity index (χ2v) is 6.57. The van der Waals surface area contributed by atoms with Gasteiger partial charge in [0.1, 0.15) is 11.6 Å². The molecule has 0 radical (unpaired) electrons. The molecular weight excluding hydrogens is 411 g/mol. The average Bonchev–Trinajstić information content (AvgIpc) is 2.54. The van der Waals surface area contributed by atoms with Gasteiger partial charge in [-0.2, -0.15) is 0 Å². The summed E-state index contributed by atoms with van der Waals surface area (Å²) in [5, 5.41) is 0. The number of hydrogen-bond acceptors (Lipinski definition) is 5. The Morgan fingerprint density at radius 2 is 1.52 bits per heavy atom. The Balaban J connectivity index is 4.60. The Labute approximate surface area is 154 Å². The molecule has 0 saturated carbocycles. The van der Waals surface area contributed by atoms with Crippen molar-refractivity contribution in [2.24, 2.45) is 5.41 Å². The highest BCUT2D eigenvalue weighted by atomic mass is 127. The van der Waals surface area contributed by atoms with Crippen LogP contribution in [0, 0.1) is 5.41 Å². The molecule has 0 aromatic carbocycles. The van der Waals surface area contributed by atoms with Crippen LogP contribution >= 0.6 is 22.6 Å². The van der Waals surface area contributed by atoms with Gasteiger partial charge in [0.15, 0.2) is 0 Å². The first-order valence-electron chi connectivity index (χ1n) is 8.30. The number of rotatable bonds is 16. The Bertz CT molecular complexity index is 325. The number of carbonyl (C=O) groups excluding carboxylic acids is 2. The van der Waals surface area contributed by atoms with Gasteiger partial charge in [0.05, 0.1) is 24.2 Å². The van der Waals surface area contributed by atoms with Gasteiger partial charge >= 0.3 is 0 Å². The highest BCUT2D eigenvalue weighted by Gasteiger charge is 2.32. The maximum atomic E-state index is 11.7. The first-order valence-corrected chi connectivity index (χ1v) is 9.82. The van der Waals surface area contributed by atoms with E-state index in [-0.39, 0.29) is 17.0 Å². The molecule has 136 valence electrons. The third-order valence-corrected chi connectivity index (χ3v) is 4.38. The summed E-state index contributed by atoms with van der Waals surface area (Å²) in [7, 11) is 0. The fourth-order valence-corrected chi connectivity index (χ4v) is 2.54. The SMILES string of the molecule is CCOCC(CCC(=O)CI)(COCC)COCCCC(C)=O. The number of carbonyl (C=O) groups is 2. The van der Waals surface area contributed by atoms with E-state index in [9.17, 15) is 9.59 Å². The van der Waals surface area contributed by atoms with Crippen molar-refractivity contribution in [1.29, 1.82) is 0 Å². The summed E-state index contributed by atoms with van der Waals surface area (Å²) < 4.78 is 17.6. The van der Waals surface area contributed by atoms with E-state index in [1.54, 1.807) is 6.92 Å². The lowest BCUT2D eigenvalue weighted by molar-refractivity contribution is -0.120. The van der Waals surface area contributed by atoms with Crippen molar-refractivity contribution in [1.82, 2.24) is 0 Å². The van der Waals surface area contributed by atoms with Crippen molar-refractivity contribution in [2.45, 2.75) is 46.5 Å². The third-order valence-electron chi connectivity index (χ3n) is 3.53. The van der Waals surface area contributed by atoms with Crippen LogP contribution < -0.4 is 0 Å². The summed E-state index contributed by atoms with van der Waals surface area (Å²) >= 11 is 2.09. The summed E-state index contributed by atoms with van der Waals surface area (Å²) in [5.74, 6) is 0.413. The zero-order valence-electron chi connectivity index (χ0n) is 14.7. The lowest BCUT2D eigenvalue weighted by Gasteiger charge is -2.33. The van der Waals surface area contributed by atoms with Crippen LogP contribution in [-0.2, 0) is 23.8 Å². The van der Waals surface area contributed by atoms with Gasteiger partial charge in [-0.15, -0.1) is 0 Å². The highest BCUT2D eigenvalue weighted by Crippen LogP contribution is 2.27. The molecule has 0 bridgehead atoms. The molecule has 6 heteroatoms. The van der Waals surface area contributed by atoms with Crippen LogP contribution in [0.4, 0.5) is 0 Å². The minimum Gasteiger partial charge on any atom is -0.381 e. The molecule has 5 nitrogen and oxygen atoms in total. The number of hydrogen-bond donors (Lipinski definition) is 0. The molecule has 0 rings (SSSR count). The molecule has 0 aliphatic rings. The van der Waals surface area contributed by atoms with E-state index in [2.05, 4.69) is 22.6 Å². The van der Waals surface area contributed by atoms with Gasteiger partial charge in [-0.1, -0.05) is 22.6 Å². The van der Waals surface area contributed by atoms with Gasteiger partial charge in [-0.25, -0.2) is 0 Å². The molecule has 0 N–H and O–H groups in total. The summed E-state index contributed by atoms with van der Waals surface area (Å²) in [6.45, 7) is 8.81. The van der Waals surface area contributed by atoms with E-state index in [0.29, 0.717) is 63.3 Å². The molecule has 0 heterocycles. The molecule has 0 unspecified atom stereocenters.